The van der Waals surface area contributed by atoms with Gasteiger partial charge in [0.2, 0.25) is 5.91 Å². The maximum Gasteiger partial charge on any atom is 0.221 e. The normalized spacial score (nSPS) is 28.5. The number of nitrogens with two attached hydrogens (primary N) is 1. The summed E-state index contributed by atoms with van der Waals surface area (Å²) in [6, 6.07) is 0.252. The van der Waals surface area contributed by atoms with Gasteiger partial charge < -0.3 is 16.2 Å². The van der Waals surface area contributed by atoms with Crippen LogP contribution in [0.3, 0.4) is 0 Å². The van der Waals surface area contributed by atoms with Gasteiger partial charge in [-0.15, -0.1) is 0 Å². The van der Waals surface area contributed by atoms with Crippen LogP contribution in [0.2, 0.25) is 0 Å². The Labute approximate surface area is 78.5 Å². The van der Waals surface area contributed by atoms with Gasteiger partial charge in [0, 0.05) is 19.0 Å². The predicted molar refractivity (Wildman–Crippen MR) is 50.1 cm³/mol. The third-order valence-corrected chi connectivity index (χ3v) is 2.43. The third kappa shape index (κ3) is 3.74. The van der Waals surface area contributed by atoms with E-state index in [1.54, 1.807) is 0 Å². The Balaban J connectivity index is 2.18. The van der Waals surface area contributed by atoms with E-state index in [1.807, 2.05) is 0 Å². The standard InChI is InChI=1S/C9H18N2O2/c10-6-5-9(13)11-7-1-3-8(12)4-2-7/h7-8,12H,1-6,10H2,(H,11,13)/t7-,8-. The summed E-state index contributed by atoms with van der Waals surface area (Å²) < 4.78 is 0. The molecule has 0 atom stereocenters. The van der Waals surface area contributed by atoms with Gasteiger partial charge in [0.25, 0.3) is 0 Å². The number of amides is 1. The first-order valence-corrected chi connectivity index (χ1v) is 4.90. The van der Waals surface area contributed by atoms with Crippen molar-refractivity contribution in [2.45, 2.75) is 44.2 Å². The molecule has 0 aromatic carbocycles. The molecule has 1 amide bonds. The first-order valence-electron chi connectivity index (χ1n) is 4.90. The number of carbonyl (C=O) groups is 1. The topological polar surface area (TPSA) is 75.4 Å². The molecule has 4 nitrogen and oxygen atoms in total. The summed E-state index contributed by atoms with van der Waals surface area (Å²) in [5.41, 5.74) is 5.26. The third-order valence-electron chi connectivity index (χ3n) is 2.43. The number of hydrogen-bond acceptors (Lipinski definition) is 3. The van der Waals surface area contributed by atoms with Crippen LogP contribution < -0.4 is 11.1 Å². The van der Waals surface area contributed by atoms with E-state index in [0.717, 1.165) is 25.7 Å². The average Bonchev–Trinajstić information content (AvgIpc) is 2.09. The highest BCUT2D eigenvalue weighted by Gasteiger charge is 2.20. The molecule has 0 aromatic rings. The van der Waals surface area contributed by atoms with E-state index in [1.165, 1.54) is 0 Å². The van der Waals surface area contributed by atoms with Crippen LogP contribution >= 0.6 is 0 Å². The Morgan fingerprint density at radius 1 is 1.38 bits per heavy atom. The number of carbonyl (C=O) groups excluding carboxylic acids is 1. The molecule has 0 aromatic heterocycles. The van der Waals surface area contributed by atoms with Crippen LogP contribution in [0.25, 0.3) is 0 Å². The second-order valence-electron chi connectivity index (χ2n) is 3.61. The second-order valence-corrected chi connectivity index (χ2v) is 3.61. The minimum absolute atomic E-state index is 0.0314. The SMILES string of the molecule is NCCC(=O)N[C@H]1CC[C@H](O)CC1. The van der Waals surface area contributed by atoms with Crippen LogP contribution in [0.5, 0.6) is 0 Å². The smallest absolute Gasteiger partial charge is 0.221 e. The summed E-state index contributed by atoms with van der Waals surface area (Å²) in [6.07, 6.45) is 3.61. The molecular weight excluding hydrogens is 168 g/mol. The van der Waals surface area contributed by atoms with Gasteiger partial charge in [-0.3, -0.25) is 4.79 Å². The molecule has 4 N–H and O–H groups in total. The monoisotopic (exact) mass is 186 g/mol. The van der Waals surface area contributed by atoms with Crippen LogP contribution in [-0.4, -0.2) is 29.7 Å². The number of rotatable bonds is 3. The van der Waals surface area contributed by atoms with Crippen LogP contribution in [-0.2, 0) is 4.79 Å². The Bertz CT molecular complexity index is 165. The number of nitrogens with one attached hydrogen (secondary N) is 1. The van der Waals surface area contributed by atoms with Crippen molar-refractivity contribution >= 4 is 5.91 Å². The molecule has 1 rings (SSSR count). The van der Waals surface area contributed by atoms with E-state index < -0.39 is 0 Å². The van der Waals surface area contributed by atoms with Crippen molar-refractivity contribution < 1.29 is 9.90 Å². The summed E-state index contributed by atoms with van der Waals surface area (Å²) in [5.74, 6) is 0.0314. The molecule has 0 bridgehead atoms. The summed E-state index contributed by atoms with van der Waals surface area (Å²) >= 11 is 0. The lowest BCUT2D eigenvalue weighted by Crippen LogP contribution is -2.39. The molecule has 0 aliphatic heterocycles. The highest BCUT2D eigenvalue weighted by atomic mass is 16.3. The lowest BCUT2D eigenvalue weighted by molar-refractivity contribution is -0.122. The molecule has 0 unspecified atom stereocenters. The van der Waals surface area contributed by atoms with Crippen LogP contribution in [0.15, 0.2) is 0 Å². The van der Waals surface area contributed by atoms with Crippen molar-refractivity contribution in [2.75, 3.05) is 6.54 Å². The quantitative estimate of drug-likeness (QED) is 0.569. The fourth-order valence-corrected chi connectivity index (χ4v) is 1.65. The van der Waals surface area contributed by atoms with Crippen LogP contribution in [0, 0.1) is 0 Å². The fourth-order valence-electron chi connectivity index (χ4n) is 1.65. The van der Waals surface area contributed by atoms with Gasteiger partial charge in [0.05, 0.1) is 6.10 Å². The van der Waals surface area contributed by atoms with Gasteiger partial charge in [0.15, 0.2) is 0 Å². The van der Waals surface area contributed by atoms with Crippen molar-refractivity contribution in [3.8, 4) is 0 Å². The molecule has 1 saturated carbocycles. The highest BCUT2D eigenvalue weighted by molar-refractivity contribution is 5.76. The summed E-state index contributed by atoms with van der Waals surface area (Å²) in [7, 11) is 0. The number of aliphatic hydroxyl groups excluding tert-OH is 1. The lowest BCUT2D eigenvalue weighted by atomic mass is 9.93. The Kier molecular flexibility index (Phi) is 4.18. The van der Waals surface area contributed by atoms with E-state index >= 15 is 0 Å². The van der Waals surface area contributed by atoms with Gasteiger partial charge in [0.1, 0.15) is 0 Å². The van der Waals surface area contributed by atoms with E-state index in [0.29, 0.717) is 13.0 Å². The van der Waals surface area contributed by atoms with Gasteiger partial charge in [-0.2, -0.15) is 0 Å². The zero-order valence-corrected chi connectivity index (χ0v) is 7.83. The first kappa shape index (κ1) is 10.5. The van der Waals surface area contributed by atoms with E-state index in [9.17, 15) is 9.90 Å². The first-order chi connectivity index (χ1) is 6.22. The molecule has 1 fully saturated rings. The van der Waals surface area contributed by atoms with Crippen molar-refractivity contribution in [3.63, 3.8) is 0 Å². The largest absolute Gasteiger partial charge is 0.393 e. The molecule has 1 aliphatic carbocycles. The zero-order chi connectivity index (χ0) is 9.68. The Morgan fingerprint density at radius 3 is 2.54 bits per heavy atom. The second kappa shape index (κ2) is 5.19. The number of hydrogen-bond donors (Lipinski definition) is 3. The number of aliphatic hydroxyl groups is 1. The van der Waals surface area contributed by atoms with E-state index in [2.05, 4.69) is 5.32 Å². The Hall–Kier alpha value is -0.610. The molecule has 0 saturated heterocycles. The highest BCUT2D eigenvalue weighted by Crippen LogP contribution is 2.18. The maximum absolute atomic E-state index is 11.1. The predicted octanol–water partition coefficient (Wildman–Crippen LogP) is -0.245. The van der Waals surface area contributed by atoms with Crippen molar-refractivity contribution in [1.29, 1.82) is 0 Å². The van der Waals surface area contributed by atoms with Crippen LogP contribution in [0.1, 0.15) is 32.1 Å². The summed E-state index contributed by atoms with van der Waals surface area (Å²) in [5, 5.41) is 12.1. The van der Waals surface area contributed by atoms with Gasteiger partial charge >= 0.3 is 0 Å². The molecule has 0 spiro atoms. The molecule has 0 radical (unpaired) electrons. The summed E-state index contributed by atoms with van der Waals surface area (Å²) in [6.45, 7) is 0.404. The molecule has 13 heavy (non-hydrogen) atoms. The van der Waals surface area contributed by atoms with E-state index in [-0.39, 0.29) is 18.1 Å². The average molecular weight is 186 g/mol. The zero-order valence-electron chi connectivity index (χ0n) is 7.83. The minimum Gasteiger partial charge on any atom is -0.393 e. The minimum atomic E-state index is -0.164. The molecule has 0 heterocycles. The Morgan fingerprint density at radius 2 is 2.00 bits per heavy atom. The molecular formula is C9H18N2O2. The van der Waals surface area contributed by atoms with Gasteiger partial charge in [-0.25, -0.2) is 0 Å². The lowest BCUT2D eigenvalue weighted by Gasteiger charge is -2.26. The van der Waals surface area contributed by atoms with Gasteiger partial charge in [-0.05, 0) is 25.7 Å². The van der Waals surface area contributed by atoms with Crippen molar-refractivity contribution in [2.24, 2.45) is 5.73 Å². The fraction of sp³-hybridized carbons (Fsp3) is 0.889. The van der Waals surface area contributed by atoms with Crippen molar-refractivity contribution in [3.05, 3.63) is 0 Å². The molecule has 76 valence electrons. The summed E-state index contributed by atoms with van der Waals surface area (Å²) in [4.78, 5) is 11.1. The van der Waals surface area contributed by atoms with Crippen molar-refractivity contribution in [1.82, 2.24) is 5.32 Å². The molecule has 4 heteroatoms. The van der Waals surface area contributed by atoms with Crippen LogP contribution in [0.4, 0.5) is 0 Å². The van der Waals surface area contributed by atoms with Gasteiger partial charge in [-0.1, -0.05) is 0 Å². The maximum atomic E-state index is 11.1. The molecule has 1 aliphatic rings. The van der Waals surface area contributed by atoms with E-state index in [4.69, 9.17) is 5.73 Å².